The first-order valence-electron chi connectivity index (χ1n) is 4.52. The van der Waals surface area contributed by atoms with Gasteiger partial charge < -0.3 is 0 Å². The summed E-state index contributed by atoms with van der Waals surface area (Å²) in [6.07, 6.45) is 0. The predicted molar refractivity (Wildman–Crippen MR) is 55.3 cm³/mol. The fourth-order valence-electron chi connectivity index (χ4n) is 1.09. The van der Waals surface area contributed by atoms with Gasteiger partial charge in [-0.25, -0.2) is 4.90 Å². The number of hydrogen-bond donors (Lipinski definition) is 0. The summed E-state index contributed by atoms with van der Waals surface area (Å²) in [5, 5.41) is 0. The molecule has 1 aromatic carbocycles. The molecule has 0 radical (unpaired) electrons. The van der Waals surface area contributed by atoms with Gasteiger partial charge in [0.1, 0.15) is 5.88 Å². The first kappa shape index (κ1) is 9.21. The molecule has 0 aliphatic heterocycles. The van der Waals surface area contributed by atoms with Crippen LogP contribution in [0.15, 0.2) is 30.3 Å². The maximum atomic E-state index is 11.4. The van der Waals surface area contributed by atoms with E-state index in [1.807, 2.05) is 0 Å². The number of benzene rings is 1. The molecule has 74 valence electrons. The number of halogens is 1. The van der Waals surface area contributed by atoms with E-state index in [1.54, 1.807) is 0 Å². The molecule has 0 spiro atoms. The highest BCUT2D eigenvalue weighted by atomic mass is 35.5. The minimum atomic E-state index is -0.470. The zero-order valence-electron chi connectivity index (χ0n) is 8.66. The van der Waals surface area contributed by atoms with E-state index in [1.165, 1.54) is 31.2 Å². The fraction of sp³-hybridized carbons (Fsp3) is 0.200. The van der Waals surface area contributed by atoms with Gasteiger partial charge in [-0.1, -0.05) is 18.2 Å². The van der Waals surface area contributed by atoms with Gasteiger partial charge in [0, 0.05) is 6.92 Å². The van der Waals surface area contributed by atoms with Crippen LogP contribution in [0.25, 0.3) is 0 Å². The Morgan fingerprint density at radius 2 is 2.07 bits per heavy atom. The van der Waals surface area contributed by atoms with Crippen LogP contribution in [-0.4, -0.2) is 17.7 Å². The number of nitrogens with zero attached hydrogens (tertiary/aromatic N) is 1. The molecule has 0 aliphatic carbocycles. The first-order chi connectivity index (χ1) is 7.06. The minimum absolute atomic E-state index is 0.248. The van der Waals surface area contributed by atoms with Crippen molar-refractivity contribution in [1.29, 1.82) is 0 Å². The van der Waals surface area contributed by atoms with E-state index in [-0.39, 0.29) is 5.88 Å². The molecule has 0 aliphatic rings. The van der Waals surface area contributed by atoms with Crippen LogP contribution in [0.2, 0.25) is 0 Å². The molecule has 2 amide bonds. The average Bonchev–Trinajstić information content (AvgIpc) is 2.20. The van der Waals surface area contributed by atoms with Gasteiger partial charge >= 0.3 is 0 Å². The van der Waals surface area contributed by atoms with E-state index >= 15 is 0 Å². The molecule has 4 heteroatoms. The number of alkyl halides is 1. The summed E-state index contributed by atoms with van der Waals surface area (Å²) in [5.74, 6) is -1.11. The van der Waals surface area contributed by atoms with Crippen molar-refractivity contribution < 1.29 is 11.0 Å². The Bertz CT molecular complexity index is 378. The molecule has 3 nitrogen and oxygen atoms in total. The third kappa shape index (κ3) is 2.33. The second-order valence-electron chi connectivity index (χ2n) is 2.64. The summed E-state index contributed by atoms with van der Waals surface area (Å²) in [4.78, 5) is 23.6. The topological polar surface area (TPSA) is 37.4 Å². The van der Waals surface area contributed by atoms with Crippen molar-refractivity contribution in [2.24, 2.45) is 0 Å². The molecule has 0 saturated heterocycles. The number of carbonyl (C=O) groups is 2. The smallest absolute Gasteiger partial charge is 0.248 e. The number of imide groups is 1. The van der Waals surface area contributed by atoms with Crippen molar-refractivity contribution >= 4 is 29.1 Å². The van der Waals surface area contributed by atoms with Gasteiger partial charge in [0.2, 0.25) is 11.8 Å². The van der Waals surface area contributed by atoms with Crippen molar-refractivity contribution in [2.75, 3.05) is 10.8 Å². The Balaban J connectivity index is 3.04. The third-order valence-electron chi connectivity index (χ3n) is 1.64. The monoisotopic (exact) mass is 212 g/mol. The summed E-state index contributed by atoms with van der Waals surface area (Å²) < 4.78 is 7.28. The minimum Gasteiger partial charge on any atom is -0.274 e. The normalized spacial score (nSPS) is 10.6. The maximum Gasteiger partial charge on any atom is 0.248 e. The van der Waals surface area contributed by atoms with Crippen LogP contribution in [0.1, 0.15) is 8.29 Å². The molecule has 0 bridgehead atoms. The highest BCUT2D eigenvalue weighted by molar-refractivity contribution is 6.32. The lowest BCUT2D eigenvalue weighted by molar-refractivity contribution is -0.124. The van der Waals surface area contributed by atoms with E-state index in [0.29, 0.717) is 11.7 Å². The molecule has 0 saturated carbocycles. The molecular weight excluding hydrogens is 202 g/mol. The highest BCUT2D eigenvalue weighted by Crippen LogP contribution is 2.13. The molecule has 1 rings (SSSR count). The van der Waals surface area contributed by atoms with E-state index in [0.717, 1.165) is 4.90 Å². The van der Waals surface area contributed by atoms with E-state index in [2.05, 4.69) is 0 Å². The number of anilines is 1. The summed E-state index contributed by atoms with van der Waals surface area (Å²) in [6.45, 7) is 1.29. The molecule has 0 atom stereocenters. The van der Waals surface area contributed by atoms with Crippen molar-refractivity contribution in [3.8, 4) is 0 Å². The zero-order chi connectivity index (χ0) is 11.4. The number of amides is 2. The van der Waals surface area contributed by atoms with Crippen LogP contribution in [0, 0.1) is 0 Å². The predicted octanol–water partition coefficient (Wildman–Crippen LogP) is 1.80. The molecule has 0 fully saturated rings. The summed E-state index contributed by atoms with van der Waals surface area (Å²) >= 11 is 5.39. The van der Waals surface area contributed by atoms with Gasteiger partial charge in [0.05, 0.1) is 7.06 Å². The van der Waals surface area contributed by atoms with Gasteiger partial charge in [-0.2, -0.15) is 0 Å². The largest absolute Gasteiger partial charge is 0.274 e. The molecule has 0 N–H and O–H groups in total. The molecule has 0 aromatic heterocycles. The number of rotatable bonds is 2. The summed E-state index contributed by atoms with van der Waals surface area (Å²) in [5.41, 5.74) is 0.434. The highest BCUT2D eigenvalue weighted by Gasteiger charge is 2.18. The molecular formula is C10H10ClNO2. The molecule has 1 aromatic rings. The van der Waals surface area contributed by atoms with E-state index in [9.17, 15) is 9.59 Å². The fourth-order valence-corrected chi connectivity index (χ4v) is 1.21. The quantitative estimate of drug-likeness (QED) is 0.702. The Morgan fingerprint density at radius 3 is 2.50 bits per heavy atom. The van der Waals surface area contributed by atoms with Gasteiger partial charge in [-0.05, 0) is 12.1 Å². The molecule has 0 unspecified atom stereocenters. The molecule has 14 heavy (non-hydrogen) atoms. The SMILES string of the molecule is [2H]c1ccc(N(C(C)=O)C(=O)CCl)cc1. The lowest BCUT2D eigenvalue weighted by Crippen LogP contribution is -2.35. The lowest BCUT2D eigenvalue weighted by Gasteiger charge is -2.17. The number of hydrogen-bond acceptors (Lipinski definition) is 2. The summed E-state index contributed by atoms with van der Waals surface area (Å²) in [7, 11) is 0. The first-order valence-corrected chi connectivity index (χ1v) is 4.56. The van der Waals surface area contributed by atoms with Crippen LogP contribution in [-0.2, 0) is 9.59 Å². The molecule has 0 heterocycles. The Hall–Kier alpha value is -1.35. The van der Waals surface area contributed by atoms with Crippen molar-refractivity contribution in [3.63, 3.8) is 0 Å². The van der Waals surface area contributed by atoms with Crippen molar-refractivity contribution in [2.45, 2.75) is 6.92 Å². The van der Waals surface area contributed by atoms with E-state index < -0.39 is 11.8 Å². The third-order valence-corrected chi connectivity index (χ3v) is 1.87. The Kier molecular flexibility index (Phi) is 3.14. The second kappa shape index (κ2) is 4.77. The number of carbonyl (C=O) groups excluding carboxylic acids is 2. The number of para-hydroxylation sites is 1. The van der Waals surface area contributed by atoms with Crippen LogP contribution < -0.4 is 4.90 Å². The van der Waals surface area contributed by atoms with Crippen LogP contribution in [0.3, 0.4) is 0 Å². The van der Waals surface area contributed by atoms with Gasteiger partial charge in [-0.15, -0.1) is 11.6 Å². The average molecular weight is 213 g/mol. The van der Waals surface area contributed by atoms with Crippen molar-refractivity contribution in [1.82, 2.24) is 0 Å². The second-order valence-corrected chi connectivity index (χ2v) is 2.91. The van der Waals surface area contributed by atoms with Gasteiger partial charge in [0.25, 0.3) is 0 Å². The standard InChI is InChI=1S/C10H10ClNO2/c1-8(13)12(10(14)7-11)9-5-3-2-4-6-9/h2-6H,7H2,1H3/i2D. The van der Waals surface area contributed by atoms with Crippen LogP contribution in [0.4, 0.5) is 5.69 Å². The lowest BCUT2D eigenvalue weighted by atomic mass is 10.3. The maximum absolute atomic E-state index is 11.4. The Labute approximate surface area is 88.7 Å². The van der Waals surface area contributed by atoms with Crippen LogP contribution >= 0.6 is 11.6 Å². The van der Waals surface area contributed by atoms with Crippen LogP contribution in [0.5, 0.6) is 0 Å². The van der Waals surface area contributed by atoms with Crippen molar-refractivity contribution in [3.05, 3.63) is 30.3 Å². The summed E-state index contributed by atoms with van der Waals surface area (Å²) in [6, 6.07) is 6.41. The zero-order valence-corrected chi connectivity index (χ0v) is 8.41. The van der Waals surface area contributed by atoms with Gasteiger partial charge in [-0.3, -0.25) is 9.59 Å². The Morgan fingerprint density at radius 1 is 1.50 bits per heavy atom. The van der Waals surface area contributed by atoms with Gasteiger partial charge in [0.15, 0.2) is 0 Å². The van der Waals surface area contributed by atoms with E-state index in [4.69, 9.17) is 13.0 Å².